The van der Waals surface area contributed by atoms with Gasteiger partial charge in [-0.15, -0.1) is 0 Å². The molecule has 0 fully saturated rings. The molecular weight excluding hydrogens is 421 g/mol. The molecule has 0 radical (unpaired) electrons. The summed E-state index contributed by atoms with van der Waals surface area (Å²) in [5, 5.41) is 2.78. The van der Waals surface area contributed by atoms with Crippen LogP contribution in [0.5, 0.6) is 0 Å². The maximum Gasteiger partial charge on any atom is 0.272 e. The molecule has 2 aromatic carbocycles. The molecule has 8 nitrogen and oxygen atoms in total. The number of nitrogens with one attached hydrogen (secondary N) is 1. The molecule has 0 spiro atoms. The molecule has 160 valence electrons. The van der Waals surface area contributed by atoms with Crippen LogP contribution in [0.4, 0.5) is 15.8 Å². The zero-order valence-corrected chi connectivity index (χ0v) is 17.4. The van der Waals surface area contributed by atoms with Crippen molar-refractivity contribution in [2.24, 2.45) is 5.73 Å². The second-order valence-corrected chi connectivity index (χ2v) is 7.44. The third-order valence-electron chi connectivity index (χ3n) is 4.56. The first-order valence-electron chi connectivity index (χ1n) is 9.25. The first-order chi connectivity index (χ1) is 14.8. The summed E-state index contributed by atoms with van der Waals surface area (Å²) in [6.07, 6.45) is 0. The molecule has 5 N–H and O–H groups in total. The van der Waals surface area contributed by atoms with Gasteiger partial charge in [0.2, 0.25) is 5.91 Å². The highest BCUT2D eigenvalue weighted by atomic mass is 32.1. The Labute approximate surface area is 181 Å². The first-order valence-corrected chi connectivity index (χ1v) is 10.0. The van der Waals surface area contributed by atoms with Crippen LogP contribution in [-0.4, -0.2) is 28.1 Å². The van der Waals surface area contributed by atoms with Crippen LogP contribution in [0.1, 0.15) is 32.6 Å². The number of anilines is 2. The zero-order valence-electron chi connectivity index (χ0n) is 16.5. The highest BCUT2D eigenvalue weighted by Crippen LogP contribution is 2.27. The summed E-state index contributed by atoms with van der Waals surface area (Å²) in [5.74, 6) is -2.45. The summed E-state index contributed by atoms with van der Waals surface area (Å²) in [7, 11) is 0. The van der Waals surface area contributed by atoms with Crippen molar-refractivity contribution in [1.82, 2.24) is 9.69 Å². The predicted molar refractivity (Wildman–Crippen MR) is 116 cm³/mol. The number of nitrogens with two attached hydrogens (primary N) is 2. The van der Waals surface area contributed by atoms with Crippen molar-refractivity contribution < 1.29 is 18.8 Å². The van der Waals surface area contributed by atoms with E-state index in [0.717, 1.165) is 5.56 Å². The SMILES string of the molecule is C[C@H](C(=O)NCc1ccccc1)N(C(=O)c1snc(C(N)=O)c1N)c1ccc(F)cc1. The van der Waals surface area contributed by atoms with E-state index < -0.39 is 29.6 Å². The van der Waals surface area contributed by atoms with Crippen LogP contribution in [0.15, 0.2) is 54.6 Å². The van der Waals surface area contributed by atoms with Gasteiger partial charge in [-0.25, -0.2) is 4.39 Å². The van der Waals surface area contributed by atoms with Crippen LogP contribution in [0.2, 0.25) is 0 Å². The minimum atomic E-state index is -0.972. The Kier molecular flexibility index (Phi) is 6.61. The van der Waals surface area contributed by atoms with Crippen molar-refractivity contribution in [3.63, 3.8) is 0 Å². The summed E-state index contributed by atoms with van der Waals surface area (Å²) in [5.41, 5.74) is 11.9. The van der Waals surface area contributed by atoms with E-state index in [-0.39, 0.29) is 28.5 Å². The Bertz CT molecular complexity index is 1100. The number of primary amides is 1. The molecule has 0 aliphatic rings. The quantitative estimate of drug-likeness (QED) is 0.518. The lowest BCUT2D eigenvalue weighted by atomic mass is 10.1. The summed E-state index contributed by atoms with van der Waals surface area (Å²) in [6, 6.07) is 13.4. The van der Waals surface area contributed by atoms with Gasteiger partial charge in [0.15, 0.2) is 5.69 Å². The average molecular weight is 441 g/mol. The molecule has 0 bridgehead atoms. The molecule has 0 unspecified atom stereocenters. The number of nitrogens with zero attached hydrogens (tertiary/aromatic N) is 2. The number of rotatable bonds is 7. The minimum absolute atomic E-state index is 0.0409. The Morgan fingerprint density at radius 1 is 1.13 bits per heavy atom. The lowest BCUT2D eigenvalue weighted by Crippen LogP contribution is -2.48. The Balaban J connectivity index is 1.90. The van der Waals surface area contributed by atoms with E-state index in [9.17, 15) is 18.8 Å². The molecule has 3 rings (SSSR count). The van der Waals surface area contributed by atoms with E-state index in [1.165, 1.54) is 36.1 Å². The van der Waals surface area contributed by atoms with Crippen molar-refractivity contribution in [2.75, 3.05) is 10.6 Å². The van der Waals surface area contributed by atoms with Gasteiger partial charge in [-0.1, -0.05) is 30.3 Å². The predicted octanol–water partition coefficient (Wildman–Crippen LogP) is 2.32. The topological polar surface area (TPSA) is 131 Å². The second-order valence-electron chi connectivity index (χ2n) is 6.67. The second kappa shape index (κ2) is 9.35. The van der Waals surface area contributed by atoms with Gasteiger partial charge >= 0.3 is 0 Å². The van der Waals surface area contributed by atoms with Crippen LogP contribution >= 0.6 is 11.5 Å². The number of hydrogen-bond donors (Lipinski definition) is 3. The standard InChI is InChI=1S/C21H20FN5O3S/c1-12(20(29)25-11-13-5-3-2-4-6-13)27(15-9-7-14(22)8-10-15)21(30)18-16(23)17(19(24)28)26-31-18/h2-10,12H,11,23H2,1H3,(H2,24,28)(H,25,29)/t12-/m1/s1. The molecular formula is C21H20FN5O3S. The molecule has 3 aromatic rings. The van der Waals surface area contributed by atoms with Gasteiger partial charge in [0.25, 0.3) is 11.8 Å². The number of aromatic nitrogens is 1. The van der Waals surface area contributed by atoms with Gasteiger partial charge in [0.1, 0.15) is 16.7 Å². The van der Waals surface area contributed by atoms with Gasteiger partial charge in [-0.3, -0.25) is 19.3 Å². The smallest absolute Gasteiger partial charge is 0.272 e. The van der Waals surface area contributed by atoms with E-state index in [1.54, 1.807) is 0 Å². The summed E-state index contributed by atoms with van der Waals surface area (Å²) in [4.78, 5) is 38.7. The highest BCUT2D eigenvalue weighted by molar-refractivity contribution is 7.09. The van der Waals surface area contributed by atoms with Gasteiger partial charge in [-0.2, -0.15) is 4.37 Å². The number of amides is 3. The molecule has 3 amide bonds. The molecule has 1 heterocycles. The maximum absolute atomic E-state index is 13.4. The Morgan fingerprint density at radius 3 is 2.35 bits per heavy atom. The van der Waals surface area contributed by atoms with Crippen molar-refractivity contribution in [2.45, 2.75) is 19.5 Å². The lowest BCUT2D eigenvalue weighted by Gasteiger charge is -2.28. The van der Waals surface area contributed by atoms with Crippen molar-refractivity contribution in [3.8, 4) is 0 Å². The Morgan fingerprint density at radius 2 is 1.77 bits per heavy atom. The minimum Gasteiger partial charge on any atom is -0.395 e. The molecule has 31 heavy (non-hydrogen) atoms. The third-order valence-corrected chi connectivity index (χ3v) is 5.41. The molecule has 0 aliphatic carbocycles. The number of halogens is 1. The van der Waals surface area contributed by atoms with Gasteiger partial charge in [0.05, 0.1) is 5.69 Å². The monoisotopic (exact) mass is 441 g/mol. The van der Waals surface area contributed by atoms with E-state index in [0.29, 0.717) is 11.5 Å². The van der Waals surface area contributed by atoms with Crippen molar-refractivity contribution in [1.29, 1.82) is 0 Å². The van der Waals surface area contributed by atoms with Crippen LogP contribution in [0.3, 0.4) is 0 Å². The maximum atomic E-state index is 13.4. The molecule has 0 aliphatic heterocycles. The summed E-state index contributed by atoms with van der Waals surface area (Å²) < 4.78 is 17.3. The molecule has 0 saturated carbocycles. The van der Waals surface area contributed by atoms with E-state index in [2.05, 4.69) is 9.69 Å². The number of hydrogen-bond acceptors (Lipinski definition) is 6. The van der Waals surface area contributed by atoms with Crippen LogP contribution < -0.4 is 21.7 Å². The van der Waals surface area contributed by atoms with Gasteiger partial charge in [0, 0.05) is 12.2 Å². The fourth-order valence-corrected chi connectivity index (χ4v) is 3.65. The molecule has 0 saturated heterocycles. The van der Waals surface area contributed by atoms with Gasteiger partial charge in [-0.05, 0) is 48.3 Å². The van der Waals surface area contributed by atoms with Crippen LogP contribution in [-0.2, 0) is 11.3 Å². The number of carbonyl (C=O) groups is 3. The van der Waals surface area contributed by atoms with Crippen LogP contribution in [0, 0.1) is 5.82 Å². The number of nitrogen functional groups attached to an aromatic ring is 1. The van der Waals surface area contributed by atoms with Crippen LogP contribution in [0.25, 0.3) is 0 Å². The average Bonchev–Trinajstić information content (AvgIpc) is 3.15. The molecule has 1 aromatic heterocycles. The molecule has 1 atom stereocenters. The first kappa shape index (κ1) is 21.9. The normalized spacial score (nSPS) is 11.5. The number of carbonyl (C=O) groups excluding carboxylic acids is 3. The summed E-state index contributed by atoms with van der Waals surface area (Å²) >= 11 is 0.705. The summed E-state index contributed by atoms with van der Waals surface area (Å²) in [6.45, 7) is 1.80. The van der Waals surface area contributed by atoms with E-state index >= 15 is 0 Å². The highest BCUT2D eigenvalue weighted by Gasteiger charge is 2.32. The van der Waals surface area contributed by atoms with E-state index in [4.69, 9.17) is 11.5 Å². The number of benzene rings is 2. The van der Waals surface area contributed by atoms with Crippen molar-refractivity contribution in [3.05, 3.63) is 76.5 Å². The third kappa shape index (κ3) is 4.86. The van der Waals surface area contributed by atoms with E-state index in [1.807, 2.05) is 30.3 Å². The molecule has 10 heteroatoms. The fraction of sp³-hybridized carbons (Fsp3) is 0.143. The fourth-order valence-electron chi connectivity index (χ4n) is 2.91. The largest absolute Gasteiger partial charge is 0.395 e. The lowest BCUT2D eigenvalue weighted by molar-refractivity contribution is -0.122. The van der Waals surface area contributed by atoms with Gasteiger partial charge < -0.3 is 16.8 Å². The Hall–Kier alpha value is -3.79. The zero-order chi connectivity index (χ0) is 22.5. The van der Waals surface area contributed by atoms with Crippen molar-refractivity contribution >= 4 is 40.6 Å².